The third-order valence-corrected chi connectivity index (χ3v) is 1.49. The van der Waals surface area contributed by atoms with Crippen molar-refractivity contribution in [1.82, 2.24) is 5.32 Å². The van der Waals surface area contributed by atoms with E-state index >= 15 is 0 Å². The third-order valence-electron chi connectivity index (χ3n) is 1.49. The van der Waals surface area contributed by atoms with Gasteiger partial charge in [-0.1, -0.05) is 13.8 Å². The van der Waals surface area contributed by atoms with E-state index in [9.17, 15) is 9.59 Å². The van der Waals surface area contributed by atoms with Gasteiger partial charge in [-0.25, -0.2) is 9.59 Å². The summed E-state index contributed by atoms with van der Waals surface area (Å²) in [5.74, 6) is -2.58. The van der Waals surface area contributed by atoms with Gasteiger partial charge in [-0.3, -0.25) is 0 Å². The Bertz CT molecular complexity index is 278. The molecule has 0 fully saturated rings. The Labute approximate surface area is 91.2 Å². The molecule has 0 aliphatic heterocycles. The zero-order valence-corrected chi connectivity index (χ0v) is 9.75. The Morgan fingerprint density at radius 2 is 1.87 bits per heavy atom. The van der Waals surface area contributed by atoms with E-state index in [4.69, 9.17) is 11.2 Å². The van der Waals surface area contributed by atoms with Crippen LogP contribution >= 0.6 is 0 Å². The van der Waals surface area contributed by atoms with E-state index in [1.165, 1.54) is 13.8 Å². The molecule has 0 aliphatic carbocycles. The average Bonchev–Trinajstić information content (AvgIpc) is 1.93. The molecule has 5 heteroatoms. The summed E-state index contributed by atoms with van der Waals surface area (Å²) in [5, 5.41) is 11.0. The van der Waals surface area contributed by atoms with Gasteiger partial charge in [0.1, 0.15) is 11.6 Å². The summed E-state index contributed by atoms with van der Waals surface area (Å²) in [6, 6.07) is -1.30. The summed E-state index contributed by atoms with van der Waals surface area (Å²) in [6.45, 7) is 7.84. The first-order chi connectivity index (χ1) is 6.93. The topological polar surface area (TPSA) is 75.6 Å². The number of ether oxygens (including phenoxy) is 1. The number of nitrogens with one attached hydrogen (secondary N) is 1. The van der Waals surface area contributed by atoms with E-state index in [1.54, 1.807) is 20.8 Å². The summed E-state index contributed by atoms with van der Waals surface area (Å²) in [7, 11) is 0. The van der Waals surface area contributed by atoms with Gasteiger partial charge in [0.05, 0.1) is 0 Å². The van der Waals surface area contributed by atoms with Crippen molar-refractivity contribution in [3.8, 4) is 0 Å². The minimum absolute atomic E-state index is 0.695. The molecule has 0 rings (SSSR count). The lowest BCUT2D eigenvalue weighted by atomic mass is 10.1. The lowest BCUT2D eigenvalue weighted by Gasteiger charge is -2.23. The molecule has 1 atom stereocenters. The van der Waals surface area contributed by atoms with Crippen molar-refractivity contribution in [3.63, 3.8) is 0 Å². The molecule has 0 bridgehead atoms. The molecule has 0 aromatic carbocycles. The summed E-state index contributed by atoms with van der Waals surface area (Å²) < 4.78 is 12.5. The number of alkyl carbamates (subject to hydrolysis) is 1. The maximum absolute atomic E-state index is 11.3. The number of aliphatic carboxylic acids is 1. The maximum Gasteiger partial charge on any atom is 0.408 e. The first kappa shape index (κ1) is 11.8. The standard InChI is InChI=1S/C10H19NO4/c1-6(2)7(8(12)13)11-9(14)15-10(3,4)5/h6-7H,1-5H3,(H,11,14)(H,12,13)/t7-/m1/s1/i6D. The van der Waals surface area contributed by atoms with Crippen molar-refractivity contribution in [3.05, 3.63) is 0 Å². The maximum atomic E-state index is 11.3. The quantitative estimate of drug-likeness (QED) is 0.754. The van der Waals surface area contributed by atoms with Gasteiger partial charge in [0.15, 0.2) is 0 Å². The zero-order valence-electron chi connectivity index (χ0n) is 10.7. The highest BCUT2D eigenvalue weighted by molar-refractivity contribution is 5.80. The second-order valence-corrected chi connectivity index (χ2v) is 4.49. The molecule has 0 heterocycles. The highest BCUT2D eigenvalue weighted by atomic mass is 16.6. The molecule has 88 valence electrons. The fraction of sp³-hybridized carbons (Fsp3) is 0.800. The Balaban J connectivity index is 4.56. The highest BCUT2D eigenvalue weighted by Crippen LogP contribution is 2.08. The predicted octanol–water partition coefficient (Wildman–Crippen LogP) is 1.62. The summed E-state index contributed by atoms with van der Waals surface area (Å²) >= 11 is 0. The Morgan fingerprint density at radius 1 is 1.40 bits per heavy atom. The Hall–Kier alpha value is -1.26. The summed E-state index contributed by atoms with van der Waals surface area (Å²) in [5.41, 5.74) is -0.695. The minimum atomic E-state index is -1.32. The van der Waals surface area contributed by atoms with Crippen LogP contribution in [-0.4, -0.2) is 28.8 Å². The molecule has 5 nitrogen and oxygen atoms in total. The summed E-state index contributed by atoms with van der Waals surface area (Å²) in [4.78, 5) is 22.2. The predicted molar refractivity (Wildman–Crippen MR) is 55.6 cm³/mol. The van der Waals surface area contributed by atoms with E-state index in [0.29, 0.717) is 0 Å². The SMILES string of the molecule is [2H]C(C)(C)[C@@H](NC(=O)OC(C)(C)C)C(=O)O. The molecular weight excluding hydrogens is 198 g/mol. The van der Waals surface area contributed by atoms with Crippen LogP contribution in [0.4, 0.5) is 4.79 Å². The van der Waals surface area contributed by atoms with E-state index in [0.717, 1.165) is 0 Å². The smallest absolute Gasteiger partial charge is 0.408 e. The fourth-order valence-electron chi connectivity index (χ4n) is 0.878. The zero-order chi connectivity index (χ0) is 13.1. The molecule has 0 aliphatic rings. The average molecular weight is 218 g/mol. The number of carbonyl (C=O) groups excluding carboxylic acids is 1. The van der Waals surface area contributed by atoms with Crippen LogP contribution in [0, 0.1) is 5.89 Å². The van der Waals surface area contributed by atoms with Crippen LogP contribution < -0.4 is 5.32 Å². The van der Waals surface area contributed by atoms with Gasteiger partial charge in [0.2, 0.25) is 0 Å². The second kappa shape index (κ2) is 5.00. The molecule has 2 N–H and O–H groups in total. The van der Waals surface area contributed by atoms with E-state index < -0.39 is 29.6 Å². The molecule has 1 amide bonds. The molecule has 0 unspecified atom stereocenters. The Kier molecular flexibility index (Phi) is 3.94. The van der Waals surface area contributed by atoms with Gasteiger partial charge in [-0.15, -0.1) is 0 Å². The number of carbonyl (C=O) groups is 2. The highest BCUT2D eigenvalue weighted by Gasteiger charge is 2.26. The molecule has 0 saturated heterocycles. The first-order valence-electron chi connectivity index (χ1n) is 5.16. The minimum Gasteiger partial charge on any atom is -0.480 e. The molecule has 0 aromatic rings. The van der Waals surface area contributed by atoms with E-state index in [1.807, 2.05) is 0 Å². The molecule has 0 spiro atoms. The van der Waals surface area contributed by atoms with E-state index in [2.05, 4.69) is 5.32 Å². The van der Waals surface area contributed by atoms with Gasteiger partial charge in [0.25, 0.3) is 0 Å². The first-order valence-corrected chi connectivity index (χ1v) is 4.66. The van der Waals surface area contributed by atoms with Gasteiger partial charge in [0, 0.05) is 1.37 Å². The third kappa shape index (κ3) is 5.93. The molecule has 0 aromatic heterocycles. The number of rotatable bonds is 3. The van der Waals surface area contributed by atoms with Crippen molar-refractivity contribution in [2.45, 2.75) is 46.3 Å². The molecule has 0 radical (unpaired) electrons. The molecule has 0 saturated carbocycles. The number of hydrogen-bond donors (Lipinski definition) is 2. The fourth-order valence-corrected chi connectivity index (χ4v) is 0.878. The van der Waals surface area contributed by atoms with Crippen LogP contribution in [0.15, 0.2) is 0 Å². The molecular formula is C10H19NO4. The number of hydrogen-bond acceptors (Lipinski definition) is 3. The van der Waals surface area contributed by atoms with Crippen molar-refractivity contribution < 1.29 is 20.8 Å². The van der Waals surface area contributed by atoms with Gasteiger partial charge < -0.3 is 15.2 Å². The normalized spacial score (nSPS) is 15.1. The van der Waals surface area contributed by atoms with Gasteiger partial charge in [-0.2, -0.15) is 0 Å². The van der Waals surface area contributed by atoms with Crippen LogP contribution in [0.2, 0.25) is 0 Å². The van der Waals surface area contributed by atoms with Crippen LogP contribution in [0.25, 0.3) is 0 Å². The lowest BCUT2D eigenvalue weighted by Crippen LogP contribution is -2.46. The van der Waals surface area contributed by atoms with Crippen molar-refractivity contribution in [2.75, 3.05) is 0 Å². The van der Waals surface area contributed by atoms with Crippen LogP contribution in [-0.2, 0) is 9.53 Å². The number of carboxylic acids is 1. The van der Waals surface area contributed by atoms with Gasteiger partial charge >= 0.3 is 12.1 Å². The Morgan fingerprint density at radius 3 is 2.13 bits per heavy atom. The summed E-state index contributed by atoms with van der Waals surface area (Å²) in [6.07, 6.45) is -0.833. The monoisotopic (exact) mass is 218 g/mol. The van der Waals surface area contributed by atoms with Crippen molar-refractivity contribution in [1.29, 1.82) is 0 Å². The van der Waals surface area contributed by atoms with Crippen LogP contribution in [0.1, 0.15) is 36.0 Å². The largest absolute Gasteiger partial charge is 0.480 e. The second-order valence-electron chi connectivity index (χ2n) is 4.49. The van der Waals surface area contributed by atoms with Gasteiger partial charge in [-0.05, 0) is 26.7 Å². The van der Waals surface area contributed by atoms with Crippen LogP contribution in [0.5, 0.6) is 0 Å². The van der Waals surface area contributed by atoms with Crippen molar-refractivity contribution in [2.24, 2.45) is 5.89 Å². The number of amides is 1. The van der Waals surface area contributed by atoms with Crippen molar-refractivity contribution >= 4 is 12.1 Å². The molecule has 15 heavy (non-hydrogen) atoms. The van der Waals surface area contributed by atoms with E-state index in [-0.39, 0.29) is 0 Å². The van der Waals surface area contributed by atoms with Crippen LogP contribution in [0.3, 0.4) is 0 Å². The lowest BCUT2D eigenvalue weighted by molar-refractivity contribution is -0.140. The number of carboxylic acid groups (broad SMARTS) is 1.